The summed E-state index contributed by atoms with van der Waals surface area (Å²) in [6.45, 7) is 5.42. The molecule has 2 atom stereocenters. The summed E-state index contributed by atoms with van der Waals surface area (Å²) >= 11 is 12.5. The van der Waals surface area contributed by atoms with Gasteiger partial charge < -0.3 is 15.3 Å². The zero-order valence-corrected chi connectivity index (χ0v) is 21.4. The van der Waals surface area contributed by atoms with Gasteiger partial charge in [-0.3, -0.25) is 4.79 Å². The van der Waals surface area contributed by atoms with E-state index in [4.69, 9.17) is 28.3 Å². The SMILES string of the molecule is CCC(Nc1ccc(F)c(-c2ccc(C(=O)N(C)C(C)C(=O)O)c(Cl)c2)c1)c1ccc(Cl)c(C)c1. The minimum absolute atomic E-state index is 0.000347. The van der Waals surface area contributed by atoms with E-state index in [9.17, 15) is 14.0 Å². The van der Waals surface area contributed by atoms with Crippen LogP contribution < -0.4 is 5.32 Å². The highest BCUT2D eigenvalue weighted by Gasteiger charge is 2.24. The normalized spacial score (nSPS) is 12.7. The van der Waals surface area contributed by atoms with Gasteiger partial charge in [0, 0.05) is 23.3 Å². The highest BCUT2D eigenvalue weighted by molar-refractivity contribution is 6.34. The standard InChI is InChI=1S/C27H27Cl2FN2O3/c1-5-25(18-7-10-22(28)15(2)12-18)31-19-8-11-24(30)21(14-19)17-6-9-20(23(29)13-17)26(33)32(4)16(3)27(34)35/h6-14,16,25,31H,5H2,1-4H3,(H,34,35). The Balaban J connectivity index is 1.89. The highest BCUT2D eigenvalue weighted by atomic mass is 35.5. The molecule has 0 aliphatic rings. The summed E-state index contributed by atoms with van der Waals surface area (Å²) in [6.07, 6.45) is 0.804. The number of hydrogen-bond acceptors (Lipinski definition) is 3. The van der Waals surface area contributed by atoms with Crippen LogP contribution in [0.3, 0.4) is 0 Å². The third-order valence-corrected chi connectivity index (χ3v) is 6.81. The molecule has 0 radical (unpaired) electrons. The highest BCUT2D eigenvalue weighted by Crippen LogP contribution is 2.32. The first-order valence-corrected chi connectivity index (χ1v) is 11.9. The number of nitrogens with zero attached hydrogens (tertiary/aromatic N) is 1. The molecule has 1 amide bonds. The molecule has 0 saturated heterocycles. The fourth-order valence-corrected chi connectivity index (χ4v) is 4.11. The first-order valence-electron chi connectivity index (χ1n) is 11.2. The van der Waals surface area contributed by atoms with Gasteiger partial charge in [0.2, 0.25) is 0 Å². The Morgan fingerprint density at radius 1 is 1.06 bits per heavy atom. The molecule has 3 aromatic carbocycles. The molecule has 35 heavy (non-hydrogen) atoms. The molecule has 2 N–H and O–H groups in total. The summed E-state index contributed by atoms with van der Waals surface area (Å²) in [5.74, 6) is -2.09. The summed E-state index contributed by atoms with van der Waals surface area (Å²) in [6, 6.07) is 14.2. The van der Waals surface area contributed by atoms with Gasteiger partial charge >= 0.3 is 5.97 Å². The molecule has 0 aliphatic carbocycles. The van der Waals surface area contributed by atoms with Crippen LogP contribution in [0.1, 0.15) is 47.8 Å². The molecular weight excluding hydrogens is 490 g/mol. The van der Waals surface area contributed by atoms with Gasteiger partial charge in [-0.05, 0) is 73.4 Å². The van der Waals surface area contributed by atoms with E-state index in [1.165, 1.54) is 32.2 Å². The van der Waals surface area contributed by atoms with Gasteiger partial charge in [-0.2, -0.15) is 0 Å². The number of benzene rings is 3. The molecule has 0 aliphatic heterocycles. The maximum absolute atomic E-state index is 14.8. The van der Waals surface area contributed by atoms with Crippen molar-refractivity contribution in [2.75, 3.05) is 12.4 Å². The van der Waals surface area contributed by atoms with Gasteiger partial charge in [-0.15, -0.1) is 0 Å². The maximum atomic E-state index is 14.8. The van der Waals surface area contributed by atoms with E-state index in [1.807, 2.05) is 25.1 Å². The number of nitrogens with one attached hydrogen (secondary N) is 1. The van der Waals surface area contributed by atoms with Crippen LogP contribution in [0.15, 0.2) is 54.6 Å². The van der Waals surface area contributed by atoms with Gasteiger partial charge in [0.25, 0.3) is 5.91 Å². The third-order valence-electron chi connectivity index (χ3n) is 6.07. The van der Waals surface area contributed by atoms with Crippen molar-refractivity contribution in [1.82, 2.24) is 4.90 Å². The van der Waals surface area contributed by atoms with Gasteiger partial charge in [0.1, 0.15) is 11.9 Å². The van der Waals surface area contributed by atoms with E-state index in [1.54, 1.807) is 18.2 Å². The largest absolute Gasteiger partial charge is 0.480 e. The van der Waals surface area contributed by atoms with Crippen molar-refractivity contribution >= 4 is 40.8 Å². The summed E-state index contributed by atoms with van der Waals surface area (Å²) in [5, 5.41) is 13.4. The van der Waals surface area contributed by atoms with Crippen LogP contribution in [0.2, 0.25) is 10.0 Å². The van der Waals surface area contributed by atoms with Crippen LogP contribution in [0, 0.1) is 12.7 Å². The van der Waals surface area contributed by atoms with Gasteiger partial charge in [0.15, 0.2) is 0 Å². The average Bonchev–Trinajstić information content (AvgIpc) is 2.83. The Labute approximate surface area is 214 Å². The minimum atomic E-state index is -1.13. The molecule has 8 heteroatoms. The molecule has 2 unspecified atom stereocenters. The smallest absolute Gasteiger partial charge is 0.326 e. The van der Waals surface area contributed by atoms with Crippen LogP contribution >= 0.6 is 23.2 Å². The number of carbonyl (C=O) groups is 2. The molecule has 3 aromatic rings. The average molecular weight is 517 g/mol. The van der Waals surface area contributed by atoms with Crippen LogP contribution in [-0.2, 0) is 4.79 Å². The van der Waals surface area contributed by atoms with E-state index in [0.717, 1.165) is 28.1 Å². The molecule has 184 valence electrons. The van der Waals surface area contributed by atoms with Crippen molar-refractivity contribution in [3.05, 3.63) is 87.2 Å². The van der Waals surface area contributed by atoms with Gasteiger partial charge in [0.05, 0.1) is 16.6 Å². The number of likely N-dealkylation sites (N-methyl/N-ethyl adjacent to an activating group) is 1. The Morgan fingerprint density at radius 3 is 2.37 bits per heavy atom. The number of anilines is 1. The molecule has 0 saturated carbocycles. The lowest BCUT2D eigenvalue weighted by Gasteiger charge is -2.22. The predicted octanol–water partition coefficient (Wildman–Crippen LogP) is 7.22. The lowest BCUT2D eigenvalue weighted by atomic mass is 10.00. The van der Waals surface area contributed by atoms with Crippen LogP contribution in [0.4, 0.5) is 10.1 Å². The number of amides is 1. The fourth-order valence-electron chi connectivity index (χ4n) is 3.73. The molecule has 0 bridgehead atoms. The Morgan fingerprint density at radius 2 is 1.77 bits per heavy atom. The van der Waals surface area contributed by atoms with E-state index in [-0.39, 0.29) is 16.6 Å². The molecule has 0 aromatic heterocycles. The summed E-state index contributed by atoms with van der Waals surface area (Å²) in [5.41, 5.74) is 3.75. The zero-order valence-electron chi connectivity index (χ0n) is 19.9. The Kier molecular flexibility index (Phi) is 8.41. The van der Waals surface area contributed by atoms with Crippen molar-refractivity contribution in [1.29, 1.82) is 0 Å². The van der Waals surface area contributed by atoms with Crippen molar-refractivity contribution in [3.63, 3.8) is 0 Å². The van der Waals surface area contributed by atoms with Crippen LogP contribution in [0.25, 0.3) is 11.1 Å². The van der Waals surface area contributed by atoms with Crippen LogP contribution in [-0.4, -0.2) is 35.0 Å². The van der Waals surface area contributed by atoms with Crippen LogP contribution in [0.5, 0.6) is 0 Å². The lowest BCUT2D eigenvalue weighted by molar-refractivity contribution is -0.141. The molecule has 0 heterocycles. The maximum Gasteiger partial charge on any atom is 0.326 e. The zero-order chi connectivity index (χ0) is 25.9. The number of carboxylic acid groups (broad SMARTS) is 1. The van der Waals surface area contributed by atoms with Gasteiger partial charge in [-0.25, -0.2) is 9.18 Å². The van der Waals surface area contributed by atoms with Crippen molar-refractivity contribution in [2.45, 2.75) is 39.3 Å². The second-order valence-electron chi connectivity index (χ2n) is 8.43. The number of carboxylic acids is 1. The predicted molar refractivity (Wildman–Crippen MR) is 139 cm³/mol. The number of hydrogen-bond donors (Lipinski definition) is 2. The summed E-state index contributed by atoms with van der Waals surface area (Å²) in [4.78, 5) is 25.0. The molecule has 0 fully saturated rings. The quantitative estimate of drug-likeness (QED) is 0.331. The van der Waals surface area contributed by atoms with Crippen molar-refractivity contribution in [2.24, 2.45) is 0 Å². The number of rotatable bonds is 8. The second-order valence-corrected chi connectivity index (χ2v) is 9.25. The number of carbonyl (C=O) groups excluding carboxylic acids is 1. The second kappa shape index (κ2) is 11.1. The first kappa shape index (κ1) is 26.5. The fraction of sp³-hybridized carbons (Fsp3) is 0.259. The Bertz CT molecular complexity index is 1270. The number of aliphatic carboxylic acids is 1. The minimum Gasteiger partial charge on any atom is -0.480 e. The number of halogens is 3. The summed E-state index contributed by atoms with van der Waals surface area (Å²) < 4.78 is 14.8. The lowest BCUT2D eigenvalue weighted by Crippen LogP contribution is -2.40. The summed E-state index contributed by atoms with van der Waals surface area (Å²) in [7, 11) is 1.40. The molecule has 3 rings (SSSR count). The first-order chi connectivity index (χ1) is 16.5. The third kappa shape index (κ3) is 5.95. The topological polar surface area (TPSA) is 69.6 Å². The number of aryl methyl sites for hydroxylation is 1. The molecule has 0 spiro atoms. The van der Waals surface area contributed by atoms with E-state index in [2.05, 4.69) is 12.2 Å². The van der Waals surface area contributed by atoms with E-state index >= 15 is 0 Å². The molecule has 5 nitrogen and oxygen atoms in total. The van der Waals surface area contributed by atoms with Crippen molar-refractivity contribution in [3.8, 4) is 11.1 Å². The molecular formula is C27H27Cl2FN2O3. The van der Waals surface area contributed by atoms with Crippen molar-refractivity contribution < 1.29 is 19.1 Å². The van der Waals surface area contributed by atoms with E-state index in [0.29, 0.717) is 16.1 Å². The monoisotopic (exact) mass is 516 g/mol. The Hall–Kier alpha value is -3.09. The van der Waals surface area contributed by atoms with Gasteiger partial charge in [-0.1, -0.05) is 48.3 Å². The van der Waals surface area contributed by atoms with E-state index < -0.39 is 23.7 Å².